The molecule has 1 aromatic carbocycles. The molecule has 20 heavy (non-hydrogen) atoms. The zero-order chi connectivity index (χ0) is 13.8. The maximum Gasteiger partial charge on any atom is 0.121 e. The van der Waals surface area contributed by atoms with E-state index in [-0.39, 0.29) is 0 Å². The molecule has 1 aliphatic carbocycles. The molecule has 1 heterocycles. The van der Waals surface area contributed by atoms with Crippen molar-refractivity contribution in [2.45, 2.75) is 32.1 Å². The van der Waals surface area contributed by atoms with E-state index in [0.29, 0.717) is 11.6 Å². The SMILES string of the molecule is Nc1ccc(OCC2CCCCC2)cc1-n1cccn1. The summed E-state index contributed by atoms with van der Waals surface area (Å²) in [6.07, 6.45) is 10.3. The van der Waals surface area contributed by atoms with Gasteiger partial charge in [-0.3, -0.25) is 0 Å². The van der Waals surface area contributed by atoms with E-state index < -0.39 is 0 Å². The molecule has 0 saturated heterocycles. The first-order chi connectivity index (χ1) is 9.83. The Morgan fingerprint density at radius 2 is 2.10 bits per heavy atom. The highest BCUT2D eigenvalue weighted by molar-refractivity contribution is 5.60. The topological polar surface area (TPSA) is 53.1 Å². The van der Waals surface area contributed by atoms with Gasteiger partial charge in [-0.25, -0.2) is 4.68 Å². The highest BCUT2D eigenvalue weighted by Crippen LogP contribution is 2.26. The van der Waals surface area contributed by atoms with E-state index in [9.17, 15) is 0 Å². The average molecular weight is 271 g/mol. The maximum absolute atomic E-state index is 6.00. The Labute approximate surface area is 119 Å². The lowest BCUT2D eigenvalue weighted by Crippen LogP contribution is -2.15. The van der Waals surface area contributed by atoms with Crippen molar-refractivity contribution in [1.82, 2.24) is 9.78 Å². The highest BCUT2D eigenvalue weighted by atomic mass is 16.5. The van der Waals surface area contributed by atoms with Crippen LogP contribution in [0, 0.1) is 5.92 Å². The van der Waals surface area contributed by atoms with Crippen LogP contribution in [-0.4, -0.2) is 16.4 Å². The van der Waals surface area contributed by atoms with Crippen molar-refractivity contribution >= 4 is 5.69 Å². The van der Waals surface area contributed by atoms with Crippen LogP contribution >= 0.6 is 0 Å². The van der Waals surface area contributed by atoms with Crippen LogP contribution in [0.25, 0.3) is 5.69 Å². The molecular weight excluding hydrogens is 250 g/mol. The molecule has 2 N–H and O–H groups in total. The molecule has 3 rings (SSSR count). The molecule has 1 fully saturated rings. The standard InChI is InChI=1S/C16H21N3O/c17-15-8-7-14(11-16(15)19-10-4-9-18-19)20-12-13-5-2-1-3-6-13/h4,7-11,13H,1-3,5-6,12,17H2. The first kappa shape index (κ1) is 13.0. The van der Waals surface area contributed by atoms with E-state index in [4.69, 9.17) is 10.5 Å². The number of benzene rings is 1. The summed E-state index contributed by atoms with van der Waals surface area (Å²) in [6, 6.07) is 7.67. The van der Waals surface area contributed by atoms with Gasteiger partial charge in [-0.05, 0) is 37.0 Å². The maximum atomic E-state index is 6.00. The van der Waals surface area contributed by atoms with Gasteiger partial charge in [0.05, 0.1) is 18.0 Å². The summed E-state index contributed by atoms with van der Waals surface area (Å²) in [5.74, 6) is 1.57. The highest BCUT2D eigenvalue weighted by Gasteiger charge is 2.14. The van der Waals surface area contributed by atoms with E-state index >= 15 is 0 Å². The van der Waals surface area contributed by atoms with Crippen molar-refractivity contribution in [2.75, 3.05) is 12.3 Å². The van der Waals surface area contributed by atoms with Gasteiger partial charge in [0.15, 0.2) is 0 Å². The molecule has 1 aromatic heterocycles. The number of nitrogens with zero attached hydrogens (tertiary/aromatic N) is 2. The molecule has 0 unspecified atom stereocenters. The molecule has 0 amide bonds. The number of nitrogen functional groups attached to an aromatic ring is 1. The lowest BCUT2D eigenvalue weighted by atomic mass is 9.90. The minimum absolute atomic E-state index is 0.703. The first-order valence-corrected chi connectivity index (χ1v) is 7.35. The molecule has 2 aromatic rings. The van der Waals surface area contributed by atoms with Gasteiger partial charge in [-0.2, -0.15) is 5.10 Å². The van der Waals surface area contributed by atoms with Gasteiger partial charge in [0.2, 0.25) is 0 Å². The molecule has 106 valence electrons. The summed E-state index contributed by atoms with van der Waals surface area (Å²) in [6.45, 7) is 0.808. The Balaban J connectivity index is 1.69. The fourth-order valence-electron chi connectivity index (χ4n) is 2.79. The Bertz CT molecular complexity index is 545. The van der Waals surface area contributed by atoms with E-state index in [2.05, 4.69) is 5.10 Å². The molecule has 1 aliphatic rings. The molecular formula is C16H21N3O. The largest absolute Gasteiger partial charge is 0.493 e. The van der Waals surface area contributed by atoms with Crippen LogP contribution in [0.15, 0.2) is 36.7 Å². The minimum atomic E-state index is 0.703. The van der Waals surface area contributed by atoms with Crippen molar-refractivity contribution in [1.29, 1.82) is 0 Å². The number of hydrogen-bond donors (Lipinski definition) is 1. The Morgan fingerprint density at radius 3 is 2.85 bits per heavy atom. The second kappa shape index (κ2) is 5.99. The second-order valence-electron chi connectivity index (χ2n) is 5.49. The zero-order valence-corrected chi connectivity index (χ0v) is 11.7. The number of rotatable bonds is 4. The number of ether oxygens (including phenoxy) is 1. The van der Waals surface area contributed by atoms with Crippen LogP contribution in [0.2, 0.25) is 0 Å². The second-order valence-corrected chi connectivity index (χ2v) is 5.49. The van der Waals surface area contributed by atoms with E-state index in [1.165, 1.54) is 32.1 Å². The van der Waals surface area contributed by atoms with Crippen molar-refractivity contribution in [3.05, 3.63) is 36.7 Å². The van der Waals surface area contributed by atoms with Crippen LogP contribution in [0.3, 0.4) is 0 Å². The van der Waals surface area contributed by atoms with Crippen molar-refractivity contribution in [3.63, 3.8) is 0 Å². The Hall–Kier alpha value is -1.97. The lowest BCUT2D eigenvalue weighted by Gasteiger charge is -2.21. The summed E-state index contributed by atoms with van der Waals surface area (Å²) in [5, 5.41) is 4.22. The number of anilines is 1. The van der Waals surface area contributed by atoms with E-state index in [1.807, 2.05) is 30.5 Å². The molecule has 0 atom stereocenters. The molecule has 0 aliphatic heterocycles. The summed E-state index contributed by atoms with van der Waals surface area (Å²) in [4.78, 5) is 0. The molecule has 4 heteroatoms. The van der Waals surface area contributed by atoms with Crippen molar-refractivity contribution in [2.24, 2.45) is 5.92 Å². The fourth-order valence-corrected chi connectivity index (χ4v) is 2.79. The quantitative estimate of drug-likeness (QED) is 0.867. The Morgan fingerprint density at radius 1 is 1.25 bits per heavy atom. The summed E-state index contributed by atoms with van der Waals surface area (Å²) >= 11 is 0. The van der Waals surface area contributed by atoms with Crippen LogP contribution in [0.5, 0.6) is 5.75 Å². The van der Waals surface area contributed by atoms with Crippen LogP contribution < -0.4 is 10.5 Å². The summed E-state index contributed by atoms with van der Waals surface area (Å²) in [5.41, 5.74) is 7.58. The monoisotopic (exact) mass is 271 g/mol. The van der Waals surface area contributed by atoms with Crippen molar-refractivity contribution in [3.8, 4) is 11.4 Å². The normalized spacial score (nSPS) is 16.2. The average Bonchev–Trinajstić information content (AvgIpc) is 3.01. The van der Waals surface area contributed by atoms with Crippen LogP contribution in [-0.2, 0) is 0 Å². The smallest absolute Gasteiger partial charge is 0.121 e. The van der Waals surface area contributed by atoms with Gasteiger partial charge >= 0.3 is 0 Å². The minimum Gasteiger partial charge on any atom is -0.493 e. The van der Waals surface area contributed by atoms with Gasteiger partial charge < -0.3 is 10.5 Å². The number of aromatic nitrogens is 2. The van der Waals surface area contributed by atoms with E-state index in [1.54, 1.807) is 10.9 Å². The van der Waals surface area contributed by atoms with Gasteiger partial charge in [-0.15, -0.1) is 0 Å². The zero-order valence-electron chi connectivity index (χ0n) is 11.7. The number of hydrogen-bond acceptors (Lipinski definition) is 3. The summed E-state index contributed by atoms with van der Waals surface area (Å²) < 4.78 is 7.71. The molecule has 0 spiro atoms. The van der Waals surface area contributed by atoms with Gasteiger partial charge in [0, 0.05) is 18.5 Å². The van der Waals surface area contributed by atoms with Crippen LogP contribution in [0.4, 0.5) is 5.69 Å². The molecule has 1 saturated carbocycles. The molecule has 0 bridgehead atoms. The third kappa shape index (κ3) is 2.95. The predicted molar refractivity (Wildman–Crippen MR) is 80.0 cm³/mol. The lowest BCUT2D eigenvalue weighted by molar-refractivity contribution is 0.209. The summed E-state index contributed by atoms with van der Waals surface area (Å²) in [7, 11) is 0. The third-order valence-corrected chi connectivity index (χ3v) is 3.96. The van der Waals surface area contributed by atoms with Gasteiger partial charge in [0.1, 0.15) is 5.75 Å². The Kier molecular flexibility index (Phi) is 3.90. The van der Waals surface area contributed by atoms with Crippen LogP contribution in [0.1, 0.15) is 32.1 Å². The third-order valence-electron chi connectivity index (χ3n) is 3.96. The van der Waals surface area contributed by atoms with Gasteiger partial charge in [-0.1, -0.05) is 19.3 Å². The number of nitrogens with two attached hydrogens (primary N) is 1. The van der Waals surface area contributed by atoms with E-state index in [0.717, 1.165) is 18.0 Å². The first-order valence-electron chi connectivity index (χ1n) is 7.35. The van der Waals surface area contributed by atoms with Crippen molar-refractivity contribution < 1.29 is 4.74 Å². The molecule has 4 nitrogen and oxygen atoms in total. The predicted octanol–water partition coefficient (Wildman–Crippen LogP) is 3.41. The fraction of sp³-hybridized carbons (Fsp3) is 0.438. The van der Waals surface area contributed by atoms with Gasteiger partial charge in [0.25, 0.3) is 0 Å². The molecule has 0 radical (unpaired) electrons.